The van der Waals surface area contributed by atoms with Gasteiger partial charge in [0.15, 0.2) is 0 Å². The number of aliphatic hydroxyl groups excluding tert-OH is 1. The first-order chi connectivity index (χ1) is 3.80. The van der Waals surface area contributed by atoms with E-state index < -0.39 is 5.56 Å². The van der Waals surface area contributed by atoms with Gasteiger partial charge >= 0.3 is 0 Å². The van der Waals surface area contributed by atoms with Crippen LogP contribution in [0.5, 0.6) is 0 Å². The molecule has 1 N–H and O–H groups in total. The third kappa shape index (κ3) is 1.36. The number of alkyl halides is 1. The maximum absolute atomic E-state index is 8.82. The molecule has 8 heavy (non-hydrogen) atoms. The van der Waals surface area contributed by atoms with Crippen LogP contribution in [0.15, 0.2) is 0 Å². The Bertz CT molecular complexity index is 66.9. The van der Waals surface area contributed by atoms with E-state index >= 15 is 0 Å². The van der Waals surface area contributed by atoms with Crippen LogP contribution in [0.25, 0.3) is 0 Å². The Labute approximate surface area is 54.7 Å². The Kier molecular flexibility index (Phi) is 2.15. The van der Waals surface area contributed by atoms with Crippen molar-refractivity contribution in [1.82, 2.24) is 0 Å². The van der Waals surface area contributed by atoms with Gasteiger partial charge in [0.25, 0.3) is 0 Å². The lowest BCUT2D eigenvalue weighted by atomic mass is 10.1. The van der Waals surface area contributed by atoms with Crippen molar-refractivity contribution in [3.63, 3.8) is 0 Å². The molecular formula is C6H11ClO. The van der Waals surface area contributed by atoms with E-state index in [0.717, 1.165) is 12.8 Å². The smallest absolute Gasteiger partial charge is 0.130 e. The van der Waals surface area contributed by atoms with Crippen LogP contribution in [0.2, 0.25) is 0 Å². The predicted octanol–water partition coefficient (Wildman–Crippen LogP) is 1.73. The van der Waals surface area contributed by atoms with Crippen molar-refractivity contribution in [1.29, 1.82) is 0 Å². The van der Waals surface area contributed by atoms with Crippen molar-refractivity contribution in [3.8, 4) is 0 Å². The molecule has 1 atom stereocenters. The van der Waals surface area contributed by atoms with Gasteiger partial charge in [0.05, 0.1) is 0 Å². The van der Waals surface area contributed by atoms with Crippen LogP contribution >= 0.6 is 11.6 Å². The quantitative estimate of drug-likeness (QED) is 0.542. The van der Waals surface area contributed by atoms with E-state index in [2.05, 4.69) is 0 Å². The van der Waals surface area contributed by atoms with Gasteiger partial charge in [0.1, 0.15) is 5.56 Å². The fourth-order valence-electron chi connectivity index (χ4n) is 1.23. The molecule has 0 saturated heterocycles. The second-order valence-electron chi connectivity index (χ2n) is 2.42. The Morgan fingerprint density at radius 2 is 1.88 bits per heavy atom. The minimum absolute atomic E-state index is 0.386. The topological polar surface area (TPSA) is 20.2 Å². The first-order valence-electron chi connectivity index (χ1n) is 3.13. The van der Waals surface area contributed by atoms with Gasteiger partial charge in [-0.15, -0.1) is 0 Å². The number of rotatable bonds is 1. The van der Waals surface area contributed by atoms with Crippen molar-refractivity contribution < 1.29 is 5.11 Å². The fourth-order valence-corrected chi connectivity index (χ4v) is 1.48. The predicted molar refractivity (Wildman–Crippen MR) is 33.8 cm³/mol. The summed E-state index contributed by atoms with van der Waals surface area (Å²) in [5.74, 6) is 0.386. The molecule has 0 bridgehead atoms. The van der Waals surface area contributed by atoms with E-state index in [4.69, 9.17) is 16.7 Å². The van der Waals surface area contributed by atoms with E-state index in [1.807, 2.05) is 0 Å². The largest absolute Gasteiger partial charge is 0.377 e. The average molecular weight is 135 g/mol. The Morgan fingerprint density at radius 1 is 1.38 bits per heavy atom. The normalized spacial score (nSPS) is 26.2. The molecule has 1 nitrogen and oxygen atoms in total. The summed E-state index contributed by atoms with van der Waals surface area (Å²) < 4.78 is 0. The molecule has 1 unspecified atom stereocenters. The van der Waals surface area contributed by atoms with Gasteiger partial charge in [0.2, 0.25) is 0 Å². The molecule has 1 rings (SSSR count). The van der Waals surface area contributed by atoms with Gasteiger partial charge in [0, 0.05) is 0 Å². The number of aliphatic hydroxyl groups is 1. The maximum Gasteiger partial charge on any atom is 0.130 e. The van der Waals surface area contributed by atoms with Crippen molar-refractivity contribution in [3.05, 3.63) is 0 Å². The van der Waals surface area contributed by atoms with Gasteiger partial charge in [-0.2, -0.15) is 0 Å². The summed E-state index contributed by atoms with van der Waals surface area (Å²) in [4.78, 5) is 0. The Morgan fingerprint density at radius 3 is 2.12 bits per heavy atom. The van der Waals surface area contributed by atoms with Crippen LogP contribution in [0.4, 0.5) is 0 Å². The third-order valence-corrected chi connectivity index (χ3v) is 2.15. The molecule has 1 fully saturated rings. The zero-order valence-corrected chi connectivity index (χ0v) is 5.56. The molecule has 1 saturated carbocycles. The van der Waals surface area contributed by atoms with E-state index in [1.54, 1.807) is 0 Å². The Hall–Kier alpha value is 0.250. The summed E-state index contributed by atoms with van der Waals surface area (Å²) in [6.45, 7) is 0. The van der Waals surface area contributed by atoms with Crippen LogP contribution in [0.1, 0.15) is 25.7 Å². The van der Waals surface area contributed by atoms with E-state index in [9.17, 15) is 0 Å². The molecule has 0 radical (unpaired) electrons. The molecule has 0 aromatic carbocycles. The van der Waals surface area contributed by atoms with Crippen LogP contribution in [-0.2, 0) is 0 Å². The highest BCUT2D eigenvalue weighted by atomic mass is 35.5. The van der Waals surface area contributed by atoms with Crippen LogP contribution < -0.4 is 0 Å². The van der Waals surface area contributed by atoms with Crippen molar-refractivity contribution >= 4 is 11.6 Å². The fraction of sp³-hybridized carbons (Fsp3) is 1.00. The molecular weight excluding hydrogens is 124 g/mol. The number of hydrogen-bond donors (Lipinski definition) is 1. The van der Waals surface area contributed by atoms with Crippen molar-refractivity contribution in [2.45, 2.75) is 31.2 Å². The minimum atomic E-state index is -0.586. The summed E-state index contributed by atoms with van der Waals surface area (Å²) in [5, 5.41) is 8.82. The number of halogens is 1. The van der Waals surface area contributed by atoms with Gasteiger partial charge in [-0.05, 0) is 18.8 Å². The third-order valence-electron chi connectivity index (χ3n) is 1.79. The summed E-state index contributed by atoms with van der Waals surface area (Å²) >= 11 is 5.44. The first kappa shape index (κ1) is 6.37. The molecule has 2 heteroatoms. The molecule has 0 aromatic rings. The van der Waals surface area contributed by atoms with Crippen LogP contribution in [0, 0.1) is 5.92 Å². The lowest BCUT2D eigenvalue weighted by molar-refractivity contribution is 0.187. The Balaban J connectivity index is 2.24. The van der Waals surface area contributed by atoms with Crippen molar-refractivity contribution in [2.75, 3.05) is 0 Å². The van der Waals surface area contributed by atoms with Crippen LogP contribution in [-0.4, -0.2) is 10.7 Å². The molecule has 1 aliphatic rings. The summed E-state index contributed by atoms with van der Waals surface area (Å²) in [5.41, 5.74) is -0.586. The molecule has 1 aliphatic carbocycles. The second-order valence-corrected chi connectivity index (χ2v) is 2.86. The lowest BCUT2D eigenvalue weighted by Gasteiger charge is -2.08. The summed E-state index contributed by atoms with van der Waals surface area (Å²) in [6, 6.07) is 0. The summed E-state index contributed by atoms with van der Waals surface area (Å²) in [7, 11) is 0. The molecule has 48 valence electrons. The van der Waals surface area contributed by atoms with E-state index in [-0.39, 0.29) is 0 Å². The molecule has 0 heterocycles. The van der Waals surface area contributed by atoms with Gasteiger partial charge in [-0.1, -0.05) is 24.4 Å². The molecule has 0 aromatic heterocycles. The van der Waals surface area contributed by atoms with Crippen molar-refractivity contribution in [2.24, 2.45) is 5.92 Å². The minimum Gasteiger partial charge on any atom is -0.377 e. The highest BCUT2D eigenvalue weighted by Gasteiger charge is 2.20. The lowest BCUT2D eigenvalue weighted by Crippen LogP contribution is -2.08. The SMILES string of the molecule is OC(Cl)C1CCCC1. The van der Waals surface area contributed by atoms with Crippen LogP contribution in [0.3, 0.4) is 0 Å². The van der Waals surface area contributed by atoms with Gasteiger partial charge in [-0.3, -0.25) is 0 Å². The zero-order valence-electron chi connectivity index (χ0n) is 4.81. The highest BCUT2D eigenvalue weighted by molar-refractivity contribution is 6.19. The van der Waals surface area contributed by atoms with E-state index in [0.29, 0.717) is 5.92 Å². The molecule has 0 amide bonds. The van der Waals surface area contributed by atoms with Gasteiger partial charge in [-0.25, -0.2) is 0 Å². The zero-order chi connectivity index (χ0) is 5.98. The van der Waals surface area contributed by atoms with E-state index in [1.165, 1.54) is 12.8 Å². The summed E-state index contributed by atoms with van der Waals surface area (Å²) in [6.07, 6.45) is 4.72. The second kappa shape index (κ2) is 2.70. The first-order valence-corrected chi connectivity index (χ1v) is 3.56. The van der Waals surface area contributed by atoms with Gasteiger partial charge < -0.3 is 5.11 Å². The standard InChI is InChI=1S/C6H11ClO/c7-6(8)5-3-1-2-4-5/h5-6,8H,1-4H2. The monoisotopic (exact) mass is 134 g/mol. The maximum atomic E-state index is 8.82. The molecule has 0 spiro atoms. The number of hydrogen-bond acceptors (Lipinski definition) is 1. The molecule has 0 aliphatic heterocycles. The average Bonchev–Trinajstić information content (AvgIpc) is 2.12. The highest BCUT2D eigenvalue weighted by Crippen LogP contribution is 2.28.